The molecule has 0 aliphatic carbocycles. The van der Waals surface area contributed by atoms with Gasteiger partial charge in [-0.3, -0.25) is 20.2 Å². The third-order valence-corrected chi connectivity index (χ3v) is 3.68. The van der Waals surface area contributed by atoms with Gasteiger partial charge in [0, 0.05) is 18.7 Å². The summed E-state index contributed by atoms with van der Waals surface area (Å²) in [6, 6.07) is 6.45. The second-order valence-corrected chi connectivity index (χ2v) is 5.20. The van der Waals surface area contributed by atoms with E-state index in [4.69, 9.17) is 0 Å². The predicted octanol–water partition coefficient (Wildman–Crippen LogP) is 2.07. The van der Waals surface area contributed by atoms with E-state index < -0.39 is 4.92 Å². The number of rotatable bonds is 5. The van der Waals surface area contributed by atoms with Crippen molar-refractivity contribution >= 4 is 11.6 Å². The molecule has 0 saturated carbocycles. The van der Waals surface area contributed by atoms with Gasteiger partial charge in [0.05, 0.1) is 11.5 Å². The lowest BCUT2D eigenvalue weighted by Gasteiger charge is -2.27. The minimum absolute atomic E-state index is 0.0433. The number of carbonyl (C=O) groups is 1. The van der Waals surface area contributed by atoms with Gasteiger partial charge >= 0.3 is 0 Å². The molecule has 108 valence electrons. The average molecular weight is 277 g/mol. The van der Waals surface area contributed by atoms with Gasteiger partial charge in [-0.05, 0) is 11.5 Å². The first-order chi connectivity index (χ1) is 9.52. The molecule has 6 heteroatoms. The summed E-state index contributed by atoms with van der Waals surface area (Å²) in [6.07, 6.45) is 0.724. The molecule has 1 amide bonds. The number of amides is 1. The SMILES string of the molecule is CCC(C)CN1C(=O)CNC1c1cccc([N+](=O)[O-])c1. The Morgan fingerprint density at radius 2 is 2.30 bits per heavy atom. The molecular formula is C14H19N3O3. The summed E-state index contributed by atoms with van der Waals surface area (Å²) in [7, 11) is 0. The Kier molecular flexibility index (Phi) is 4.34. The number of non-ortho nitro benzene ring substituents is 1. The van der Waals surface area contributed by atoms with E-state index in [0.717, 1.165) is 12.0 Å². The first kappa shape index (κ1) is 14.5. The van der Waals surface area contributed by atoms with Crippen LogP contribution >= 0.6 is 0 Å². The highest BCUT2D eigenvalue weighted by molar-refractivity contribution is 5.81. The van der Waals surface area contributed by atoms with Gasteiger partial charge in [-0.1, -0.05) is 32.4 Å². The van der Waals surface area contributed by atoms with Crippen molar-refractivity contribution in [2.45, 2.75) is 26.4 Å². The molecular weight excluding hydrogens is 258 g/mol. The summed E-state index contributed by atoms with van der Waals surface area (Å²) >= 11 is 0. The number of nitrogens with zero attached hydrogens (tertiary/aromatic N) is 2. The number of nitro benzene ring substituents is 1. The van der Waals surface area contributed by atoms with Gasteiger partial charge in [0.15, 0.2) is 0 Å². The lowest BCUT2D eigenvalue weighted by Crippen LogP contribution is -2.34. The van der Waals surface area contributed by atoms with Crippen LogP contribution in [-0.4, -0.2) is 28.8 Å². The normalized spacial score (nSPS) is 20.2. The fourth-order valence-corrected chi connectivity index (χ4v) is 2.32. The molecule has 2 unspecified atom stereocenters. The molecule has 1 heterocycles. The average Bonchev–Trinajstić information content (AvgIpc) is 2.80. The third-order valence-electron chi connectivity index (χ3n) is 3.68. The van der Waals surface area contributed by atoms with Crippen molar-refractivity contribution in [1.82, 2.24) is 10.2 Å². The van der Waals surface area contributed by atoms with Crippen molar-refractivity contribution < 1.29 is 9.72 Å². The van der Waals surface area contributed by atoms with Crippen LogP contribution < -0.4 is 5.32 Å². The van der Waals surface area contributed by atoms with E-state index in [0.29, 0.717) is 12.5 Å². The maximum Gasteiger partial charge on any atom is 0.269 e. The van der Waals surface area contributed by atoms with Crippen molar-refractivity contribution in [2.75, 3.05) is 13.1 Å². The highest BCUT2D eigenvalue weighted by atomic mass is 16.6. The summed E-state index contributed by atoms with van der Waals surface area (Å²) < 4.78 is 0. The Morgan fingerprint density at radius 1 is 1.55 bits per heavy atom. The number of benzene rings is 1. The quantitative estimate of drug-likeness (QED) is 0.660. The van der Waals surface area contributed by atoms with Gasteiger partial charge in [0.1, 0.15) is 6.17 Å². The van der Waals surface area contributed by atoms with Crippen LogP contribution in [0, 0.1) is 16.0 Å². The van der Waals surface area contributed by atoms with Crippen molar-refractivity contribution in [3.8, 4) is 0 Å². The van der Waals surface area contributed by atoms with E-state index in [9.17, 15) is 14.9 Å². The lowest BCUT2D eigenvalue weighted by molar-refractivity contribution is -0.385. The molecule has 1 saturated heterocycles. The van der Waals surface area contributed by atoms with E-state index in [-0.39, 0.29) is 24.3 Å². The summed E-state index contributed by atoms with van der Waals surface area (Å²) in [4.78, 5) is 24.2. The second kappa shape index (κ2) is 6.00. The first-order valence-corrected chi connectivity index (χ1v) is 6.80. The van der Waals surface area contributed by atoms with Crippen LogP contribution in [0.25, 0.3) is 0 Å². The molecule has 1 aromatic carbocycles. The molecule has 0 aromatic heterocycles. The van der Waals surface area contributed by atoms with Crippen LogP contribution in [0.1, 0.15) is 32.0 Å². The topological polar surface area (TPSA) is 75.5 Å². The van der Waals surface area contributed by atoms with Gasteiger partial charge in [-0.15, -0.1) is 0 Å². The smallest absolute Gasteiger partial charge is 0.269 e. The van der Waals surface area contributed by atoms with Crippen molar-refractivity contribution in [3.63, 3.8) is 0 Å². The minimum atomic E-state index is -0.417. The Bertz CT molecular complexity index is 518. The van der Waals surface area contributed by atoms with Gasteiger partial charge in [-0.25, -0.2) is 0 Å². The number of hydrogen-bond acceptors (Lipinski definition) is 4. The minimum Gasteiger partial charge on any atom is -0.322 e. The molecule has 2 rings (SSSR count). The van der Waals surface area contributed by atoms with Crippen LogP contribution in [0.3, 0.4) is 0 Å². The Balaban J connectivity index is 2.23. The largest absolute Gasteiger partial charge is 0.322 e. The van der Waals surface area contributed by atoms with E-state index in [1.165, 1.54) is 12.1 Å². The second-order valence-electron chi connectivity index (χ2n) is 5.20. The van der Waals surface area contributed by atoms with Crippen LogP contribution in [0.2, 0.25) is 0 Å². The molecule has 1 fully saturated rings. The zero-order valence-corrected chi connectivity index (χ0v) is 11.7. The van der Waals surface area contributed by atoms with Crippen molar-refractivity contribution in [3.05, 3.63) is 39.9 Å². The van der Waals surface area contributed by atoms with Crippen LogP contribution in [0.5, 0.6) is 0 Å². The van der Waals surface area contributed by atoms with Crippen molar-refractivity contribution in [1.29, 1.82) is 0 Å². The van der Waals surface area contributed by atoms with E-state index in [1.807, 2.05) is 6.07 Å². The zero-order valence-electron chi connectivity index (χ0n) is 11.7. The van der Waals surface area contributed by atoms with E-state index >= 15 is 0 Å². The van der Waals surface area contributed by atoms with E-state index in [1.54, 1.807) is 11.0 Å². The van der Waals surface area contributed by atoms with Crippen LogP contribution in [-0.2, 0) is 4.79 Å². The highest BCUT2D eigenvalue weighted by Gasteiger charge is 2.32. The number of nitro groups is 1. The van der Waals surface area contributed by atoms with Gasteiger partial charge < -0.3 is 4.90 Å². The summed E-state index contributed by atoms with van der Waals surface area (Å²) in [5.41, 5.74) is 0.806. The third kappa shape index (κ3) is 2.96. The molecule has 2 atom stereocenters. The molecule has 0 radical (unpaired) electrons. The number of hydrogen-bond donors (Lipinski definition) is 1. The van der Waals surface area contributed by atoms with Gasteiger partial charge in [-0.2, -0.15) is 0 Å². The maximum atomic E-state index is 12.0. The number of carbonyl (C=O) groups excluding carboxylic acids is 1. The Labute approximate surface area is 117 Å². The zero-order chi connectivity index (χ0) is 14.7. The Hall–Kier alpha value is -1.95. The van der Waals surface area contributed by atoms with Crippen molar-refractivity contribution in [2.24, 2.45) is 5.92 Å². The monoisotopic (exact) mass is 277 g/mol. The summed E-state index contributed by atoms with van der Waals surface area (Å²) in [5, 5.41) is 14.0. The standard InChI is InChI=1S/C14H19N3O3/c1-3-10(2)9-16-13(18)8-15-14(16)11-5-4-6-12(7-11)17(19)20/h4-7,10,14-15H,3,8-9H2,1-2H3. The van der Waals surface area contributed by atoms with E-state index in [2.05, 4.69) is 19.2 Å². The van der Waals surface area contributed by atoms with Crippen LogP contribution in [0.15, 0.2) is 24.3 Å². The molecule has 0 bridgehead atoms. The fourth-order valence-electron chi connectivity index (χ4n) is 2.32. The highest BCUT2D eigenvalue weighted by Crippen LogP contribution is 2.26. The molecule has 20 heavy (non-hydrogen) atoms. The summed E-state index contributed by atoms with van der Waals surface area (Å²) in [6.45, 7) is 5.12. The van der Waals surface area contributed by atoms with Gasteiger partial charge in [0.2, 0.25) is 5.91 Å². The summed E-state index contributed by atoms with van der Waals surface area (Å²) in [5.74, 6) is 0.446. The molecule has 1 N–H and O–H groups in total. The Morgan fingerprint density at radius 3 is 2.95 bits per heavy atom. The maximum absolute atomic E-state index is 12.0. The molecule has 1 aromatic rings. The number of nitrogens with one attached hydrogen (secondary N) is 1. The molecule has 1 aliphatic rings. The molecule has 1 aliphatic heterocycles. The molecule has 6 nitrogen and oxygen atoms in total. The predicted molar refractivity (Wildman–Crippen MR) is 75.0 cm³/mol. The fraction of sp³-hybridized carbons (Fsp3) is 0.500. The lowest BCUT2D eigenvalue weighted by atomic mass is 10.1. The van der Waals surface area contributed by atoms with Gasteiger partial charge in [0.25, 0.3) is 5.69 Å². The molecule has 0 spiro atoms. The first-order valence-electron chi connectivity index (χ1n) is 6.80. The van der Waals surface area contributed by atoms with Crippen LogP contribution in [0.4, 0.5) is 5.69 Å².